The molecule has 3 aromatic rings. The Hall–Kier alpha value is 0.197. The van der Waals surface area contributed by atoms with E-state index < -0.39 is 56.5 Å². The zero-order valence-electron chi connectivity index (χ0n) is 50.6. The molecule has 10 heteroatoms. The number of allylic oxidation sites excluding steroid dienone is 3. The first-order valence-electron chi connectivity index (χ1n) is 26.4. The average molecular weight is 1300 g/mol. The van der Waals surface area contributed by atoms with E-state index >= 15 is 0 Å². The Morgan fingerprint density at radius 1 is 0.414 bits per heavy atom. The number of hydrogen-bond acceptors (Lipinski definition) is 0. The van der Waals surface area contributed by atoms with Crippen LogP contribution in [0.1, 0.15) is 101 Å². The van der Waals surface area contributed by atoms with Gasteiger partial charge in [-0.2, -0.15) is 0 Å². The van der Waals surface area contributed by atoms with E-state index in [0.29, 0.717) is 28.0 Å². The van der Waals surface area contributed by atoms with E-state index in [1.54, 1.807) is 16.7 Å². The molecule has 0 nitrogen and oxygen atoms in total. The van der Waals surface area contributed by atoms with Crippen molar-refractivity contribution in [1.29, 1.82) is 0 Å². The molecule has 0 bridgehead atoms. The second-order valence-electron chi connectivity index (χ2n) is 29.4. The molecule has 0 atom stereocenters. The fraction of sp³-hybridized carbons (Fsp3) is 0.600. The smallest absolute Gasteiger partial charge is 1.00 e. The summed E-state index contributed by atoms with van der Waals surface area (Å²) < 4.78 is 0.415. The largest absolute Gasteiger partial charge is 2.00 e. The van der Waals surface area contributed by atoms with E-state index in [0.717, 1.165) is 10.3 Å². The second-order valence-corrected chi connectivity index (χ2v) is 69.0. The van der Waals surface area contributed by atoms with Gasteiger partial charge in [-0.15, -0.1) is 5.73 Å². The summed E-state index contributed by atoms with van der Waals surface area (Å²) in [4.78, 5) is 0. The van der Waals surface area contributed by atoms with Crippen molar-refractivity contribution >= 4 is 80.4 Å². The van der Waals surface area contributed by atoms with Gasteiger partial charge in [-0.3, -0.25) is 0 Å². The fourth-order valence-electron chi connectivity index (χ4n) is 14.4. The predicted octanol–water partition coefficient (Wildman–Crippen LogP) is 14.5. The van der Waals surface area contributed by atoms with E-state index in [1.165, 1.54) is 44.5 Å². The minimum absolute atomic E-state index is 0. The Morgan fingerprint density at radius 3 is 1.00 bits per heavy atom. The minimum atomic E-state index is -1.59. The summed E-state index contributed by atoms with van der Waals surface area (Å²) in [5.74, 6) is 2.04. The predicted molar refractivity (Wildman–Crippen MR) is 335 cm³/mol. The number of halogens is 2. The third-order valence-corrected chi connectivity index (χ3v) is 54.6. The van der Waals surface area contributed by atoms with Crippen LogP contribution in [0, 0.1) is 12.5 Å². The van der Waals surface area contributed by atoms with Crippen molar-refractivity contribution in [2.24, 2.45) is 0 Å². The van der Waals surface area contributed by atoms with Gasteiger partial charge in [0.2, 0.25) is 0 Å². The molecule has 0 spiro atoms. The summed E-state index contributed by atoms with van der Waals surface area (Å²) in [6.07, 6.45) is 5.59. The fourth-order valence-corrected chi connectivity index (χ4v) is 69.6. The van der Waals surface area contributed by atoms with E-state index in [9.17, 15) is 0 Å². The van der Waals surface area contributed by atoms with Crippen LogP contribution in [-0.4, -0.2) is 80.4 Å². The molecule has 0 heterocycles. The molecule has 0 aliphatic heterocycles. The topological polar surface area (TPSA) is 0 Å². The third kappa shape index (κ3) is 16.4. The molecule has 1 aliphatic rings. The molecule has 4 radical (unpaired) electrons. The molecule has 390 valence electrons. The van der Waals surface area contributed by atoms with Crippen LogP contribution in [0.25, 0.3) is 22.3 Å². The van der Waals surface area contributed by atoms with Crippen LogP contribution >= 0.6 is 0 Å². The molecule has 0 amide bonds. The molecular weight excluding hydrogens is 1200 g/mol. The van der Waals surface area contributed by atoms with Crippen LogP contribution in [0.3, 0.4) is 0 Å². The van der Waals surface area contributed by atoms with Crippen LogP contribution in [0.15, 0.2) is 83.1 Å². The zero-order valence-corrected chi connectivity index (χ0v) is 63.6. The molecule has 3 aromatic carbocycles. The SMILES string of the molecule is CC(C)c1ccc(-c2[c]c(-c3ccc(C(C)C)cc3C(C)C)ccc2)c(C(C)C)c1.C[Si](C)(C)C(C1=C=C(C([Si](C)(C)C)[Si](C)(C)C)C=C(C([Si](C)(C)C)([Si](C)(C)C)[Si](C)(C)C)[CH]1)[Si](C)(C)C.[Br-].[Br-].[Sn+2]. The molecule has 0 unspecified atom stereocenters. The van der Waals surface area contributed by atoms with Crippen molar-refractivity contribution in [2.45, 2.75) is 231 Å². The minimum Gasteiger partial charge on any atom is -1.00 e. The maximum atomic E-state index is 4.32. The molecule has 4 rings (SSSR count). The standard InChI is InChI=1S/C30H67Si7.C30H37.2BrH.Sn/c1-31(2,3)28(32(4,5)6)25-22-26(29(33(7,8)9)34(10,11)12)24-27(23-25)30(35(13,14)15,36(16,17)18)37(19,20)21;1-19(2)23-12-14-27(29(17-23)21(5)6)25-10-9-11-26(16-25)28-15-13-24(20(3)4)18-30(28)22(7)8;;;/h23-24,28-29H,1-21H3;9-15,17-22H,1-8H3;2*1H;/q;;;;+2/p-2. The molecule has 70 heavy (non-hydrogen) atoms. The molecule has 0 saturated heterocycles. The van der Waals surface area contributed by atoms with Crippen LogP contribution in [-0.2, 0) is 0 Å². The molecule has 1 aliphatic carbocycles. The van der Waals surface area contributed by atoms with Crippen molar-refractivity contribution in [2.75, 3.05) is 0 Å². The number of rotatable bonds is 16. The van der Waals surface area contributed by atoms with Crippen molar-refractivity contribution in [3.63, 3.8) is 0 Å². The van der Waals surface area contributed by atoms with E-state index in [-0.39, 0.29) is 57.9 Å². The summed E-state index contributed by atoms with van der Waals surface area (Å²) >= 11 is 0. The van der Waals surface area contributed by atoms with Crippen LogP contribution < -0.4 is 34.0 Å². The summed E-state index contributed by atoms with van der Waals surface area (Å²) in [5.41, 5.74) is 20.0. The maximum Gasteiger partial charge on any atom is 2.00 e. The number of benzene rings is 3. The van der Waals surface area contributed by atoms with E-state index in [4.69, 9.17) is 0 Å². The Labute approximate surface area is 481 Å². The van der Waals surface area contributed by atoms with Gasteiger partial charge in [-0.1, -0.05) is 259 Å². The summed E-state index contributed by atoms with van der Waals surface area (Å²) in [7, 11) is -10.6. The van der Waals surface area contributed by atoms with Gasteiger partial charge in [0.1, 0.15) is 0 Å². The Morgan fingerprint density at radius 2 is 0.729 bits per heavy atom. The molecule has 0 fully saturated rings. The van der Waals surface area contributed by atoms with Gasteiger partial charge in [0.05, 0.1) is 16.1 Å². The summed E-state index contributed by atoms with van der Waals surface area (Å²) in [6, 6.07) is 24.3. The van der Waals surface area contributed by atoms with Crippen molar-refractivity contribution in [3.05, 3.63) is 118 Å². The average Bonchev–Trinajstić information content (AvgIpc) is 3.10. The van der Waals surface area contributed by atoms with Gasteiger partial charge < -0.3 is 34.0 Å². The van der Waals surface area contributed by atoms with Crippen molar-refractivity contribution in [1.82, 2.24) is 0 Å². The quantitative estimate of drug-likeness (QED) is 0.0990. The molecular formula is C60H104Br2Si7Sn. The Balaban J connectivity index is 0.00000133. The van der Waals surface area contributed by atoms with Gasteiger partial charge in [-0.25, -0.2) is 0 Å². The van der Waals surface area contributed by atoms with Crippen LogP contribution in [0.4, 0.5) is 0 Å². The third-order valence-electron chi connectivity index (χ3n) is 14.9. The van der Waals surface area contributed by atoms with Gasteiger partial charge >= 0.3 is 23.9 Å². The summed E-state index contributed by atoms with van der Waals surface area (Å²) in [6.45, 7) is 74.2. The monoisotopic (exact) mass is 1300 g/mol. The van der Waals surface area contributed by atoms with Crippen LogP contribution in [0.5, 0.6) is 0 Å². The van der Waals surface area contributed by atoms with Gasteiger partial charge in [-0.05, 0) is 100 Å². The normalized spacial score (nSPS) is 14.5. The van der Waals surface area contributed by atoms with E-state index in [2.05, 4.69) is 272 Å². The number of hydrogen-bond donors (Lipinski definition) is 0. The Bertz CT molecular complexity index is 2140. The Kier molecular flexibility index (Phi) is 25.6. The molecule has 0 aromatic heterocycles. The van der Waals surface area contributed by atoms with Crippen LogP contribution in [0.2, 0.25) is 152 Å². The first-order valence-corrected chi connectivity index (χ1v) is 51.2. The van der Waals surface area contributed by atoms with Gasteiger partial charge in [0, 0.05) is 46.8 Å². The van der Waals surface area contributed by atoms with E-state index in [1.807, 2.05) is 0 Å². The molecule has 0 saturated carbocycles. The van der Waals surface area contributed by atoms with Crippen molar-refractivity contribution in [3.8, 4) is 22.3 Å². The van der Waals surface area contributed by atoms with Gasteiger partial charge in [0.15, 0.2) is 0 Å². The second kappa shape index (κ2) is 25.6. The zero-order chi connectivity index (χ0) is 52.0. The maximum absolute atomic E-state index is 4.32. The van der Waals surface area contributed by atoms with Gasteiger partial charge in [0.25, 0.3) is 0 Å². The molecule has 0 N–H and O–H groups in total. The first-order chi connectivity index (χ1) is 30.0. The summed E-state index contributed by atoms with van der Waals surface area (Å²) in [5, 5.41) is 1.48. The first kappa shape index (κ1) is 70.2. The van der Waals surface area contributed by atoms with Crippen molar-refractivity contribution < 1.29 is 34.0 Å².